The van der Waals surface area contributed by atoms with Crippen molar-refractivity contribution in [2.24, 2.45) is 10.9 Å². The predicted molar refractivity (Wildman–Crippen MR) is 158 cm³/mol. The molecule has 0 unspecified atom stereocenters. The van der Waals surface area contributed by atoms with E-state index < -0.39 is 7.92 Å². The van der Waals surface area contributed by atoms with E-state index in [1.54, 1.807) is 0 Å². The summed E-state index contributed by atoms with van der Waals surface area (Å²) in [6, 6.07) is 36.7. The number of aliphatic imine (C=N–C) groups is 1. The van der Waals surface area contributed by atoms with Crippen molar-refractivity contribution in [1.29, 1.82) is 0 Å². The van der Waals surface area contributed by atoms with E-state index >= 15 is 0 Å². The van der Waals surface area contributed by atoms with Crippen molar-refractivity contribution in [1.82, 2.24) is 0 Å². The maximum absolute atomic E-state index is 6.13. The molecule has 4 aliphatic carbocycles. The SMILES string of the molecule is CC(C)[C@H]1COC(c2cc3ccc2CCc2ccc(c(P(c4ccccc4)c4ccccc4)c2)CC3)=N1. The Morgan fingerprint density at radius 3 is 1.92 bits per heavy atom. The molecule has 0 saturated heterocycles. The van der Waals surface area contributed by atoms with Crippen molar-refractivity contribution < 1.29 is 4.74 Å². The first-order valence-electron chi connectivity index (χ1n) is 13.5. The van der Waals surface area contributed by atoms with Gasteiger partial charge in [0.1, 0.15) is 6.61 Å². The van der Waals surface area contributed by atoms with Crippen LogP contribution in [0.2, 0.25) is 0 Å². The molecule has 0 N–H and O–H groups in total. The Labute approximate surface area is 222 Å². The molecule has 0 fully saturated rings. The Kier molecular flexibility index (Phi) is 6.94. The fourth-order valence-corrected chi connectivity index (χ4v) is 7.96. The van der Waals surface area contributed by atoms with Gasteiger partial charge in [-0.3, -0.25) is 0 Å². The van der Waals surface area contributed by atoms with Gasteiger partial charge in [-0.1, -0.05) is 105 Å². The van der Waals surface area contributed by atoms with E-state index in [0.29, 0.717) is 12.5 Å². The molecule has 1 atom stereocenters. The second-order valence-corrected chi connectivity index (χ2v) is 12.7. The van der Waals surface area contributed by atoms with Crippen LogP contribution in [0.5, 0.6) is 0 Å². The highest BCUT2D eigenvalue weighted by Gasteiger charge is 2.25. The lowest BCUT2D eigenvalue weighted by molar-refractivity contribution is 0.291. The van der Waals surface area contributed by atoms with Crippen LogP contribution < -0.4 is 15.9 Å². The van der Waals surface area contributed by atoms with Crippen LogP contribution in [0.25, 0.3) is 0 Å². The highest BCUT2D eigenvalue weighted by atomic mass is 31.1. The van der Waals surface area contributed by atoms with Gasteiger partial charge in [-0.05, 0) is 83.8 Å². The van der Waals surface area contributed by atoms with E-state index in [9.17, 15) is 0 Å². The van der Waals surface area contributed by atoms with Crippen molar-refractivity contribution in [2.45, 2.75) is 45.6 Å². The van der Waals surface area contributed by atoms with E-state index in [1.807, 2.05) is 0 Å². The molecule has 0 aromatic heterocycles. The molecule has 5 aliphatic rings. The zero-order valence-corrected chi connectivity index (χ0v) is 22.6. The Morgan fingerprint density at radius 1 is 0.703 bits per heavy atom. The summed E-state index contributed by atoms with van der Waals surface area (Å²) >= 11 is 0. The summed E-state index contributed by atoms with van der Waals surface area (Å²) in [6.07, 6.45) is 4.02. The van der Waals surface area contributed by atoms with Crippen molar-refractivity contribution in [3.63, 3.8) is 0 Å². The average molecular weight is 504 g/mol. The van der Waals surface area contributed by atoms with Crippen molar-refractivity contribution in [3.05, 3.63) is 125 Å². The summed E-state index contributed by atoms with van der Waals surface area (Å²) in [6.45, 7) is 5.15. The minimum Gasteiger partial charge on any atom is -0.475 e. The highest BCUT2D eigenvalue weighted by molar-refractivity contribution is 7.79. The van der Waals surface area contributed by atoms with Crippen LogP contribution in [0, 0.1) is 5.92 Å². The van der Waals surface area contributed by atoms with Gasteiger partial charge in [0.25, 0.3) is 0 Å². The fraction of sp³-hybridized carbons (Fsp3) is 0.265. The van der Waals surface area contributed by atoms with Crippen LogP contribution in [0.4, 0.5) is 0 Å². The van der Waals surface area contributed by atoms with Crippen LogP contribution in [0.15, 0.2) is 102 Å². The van der Waals surface area contributed by atoms with Gasteiger partial charge in [-0.25, -0.2) is 4.99 Å². The Bertz CT molecular complexity index is 1370. The lowest BCUT2D eigenvalue weighted by Crippen LogP contribution is -2.24. The first-order chi connectivity index (χ1) is 18.2. The molecule has 0 spiro atoms. The van der Waals surface area contributed by atoms with Crippen LogP contribution in [-0.4, -0.2) is 18.5 Å². The first-order valence-corrected chi connectivity index (χ1v) is 14.8. The number of nitrogens with zero attached hydrogens (tertiary/aromatic N) is 1. The Hall–Kier alpha value is -3.22. The van der Waals surface area contributed by atoms with E-state index in [-0.39, 0.29) is 6.04 Å². The summed E-state index contributed by atoms with van der Waals surface area (Å²) in [7, 11) is -0.620. The lowest BCUT2D eigenvalue weighted by Gasteiger charge is -2.24. The Balaban J connectivity index is 1.40. The number of rotatable bonds is 5. The molecule has 37 heavy (non-hydrogen) atoms. The Morgan fingerprint density at radius 2 is 1.30 bits per heavy atom. The van der Waals surface area contributed by atoms with Crippen molar-refractivity contribution in [2.75, 3.05) is 6.61 Å². The second kappa shape index (κ2) is 10.6. The maximum atomic E-state index is 6.13. The molecule has 1 heterocycles. The molecule has 1 aliphatic heterocycles. The minimum absolute atomic E-state index is 0.259. The van der Waals surface area contributed by atoms with Gasteiger partial charge in [0, 0.05) is 5.56 Å². The quantitative estimate of drug-likeness (QED) is 0.300. The molecule has 0 saturated carbocycles. The predicted octanol–water partition coefficient (Wildman–Crippen LogP) is 6.13. The molecule has 186 valence electrons. The number of benzene rings is 4. The molecule has 2 nitrogen and oxygen atoms in total. The zero-order valence-electron chi connectivity index (χ0n) is 21.7. The normalized spacial score (nSPS) is 17.0. The molecule has 0 amide bonds. The van der Waals surface area contributed by atoms with Crippen LogP contribution in [0.1, 0.15) is 41.7 Å². The van der Waals surface area contributed by atoms with Gasteiger partial charge in [-0.2, -0.15) is 0 Å². The molecule has 3 heteroatoms. The smallest absolute Gasteiger partial charge is 0.216 e. The number of aryl methyl sites for hydroxylation is 4. The van der Waals surface area contributed by atoms with Gasteiger partial charge in [0.15, 0.2) is 0 Å². The number of hydrogen-bond donors (Lipinski definition) is 0. The summed E-state index contributed by atoms with van der Waals surface area (Å²) in [5.41, 5.74) is 6.77. The van der Waals surface area contributed by atoms with Gasteiger partial charge < -0.3 is 4.74 Å². The summed E-state index contributed by atoms with van der Waals surface area (Å²) < 4.78 is 6.13. The maximum Gasteiger partial charge on any atom is 0.216 e. The molecular weight excluding hydrogens is 469 g/mol. The summed E-state index contributed by atoms with van der Waals surface area (Å²) in [5.74, 6) is 1.34. The number of ether oxygens (including phenoxy) is 1. The highest BCUT2D eigenvalue weighted by Crippen LogP contribution is 2.35. The largest absolute Gasteiger partial charge is 0.475 e. The third-order valence-electron chi connectivity index (χ3n) is 7.63. The van der Waals surface area contributed by atoms with Gasteiger partial charge in [-0.15, -0.1) is 0 Å². The molecule has 0 radical (unpaired) electrons. The van der Waals surface area contributed by atoms with Crippen molar-refractivity contribution >= 4 is 29.7 Å². The van der Waals surface area contributed by atoms with Gasteiger partial charge in [0.05, 0.1) is 6.04 Å². The summed E-state index contributed by atoms with van der Waals surface area (Å²) in [5, 5.41) is 4.33. The van der Waals surface area contributed by atoms with Crippen LogP contribution in [-0.2, 0) is 30.4 Å². The number of hydrogen-bond acceptors (Lipinski definition) is 2. The third kappa shape index (κ3) is 5.13. The van der Waals surface area contributed by atoms with E-state index in [1.165, 1.54) is 43.7 Å². The molecule has 4 aromatic carbocycles. The average Bonchev–Trinajstić information content (AvgIpc) is 3.43. The van der Waals surface area contributed by atoms with Gasteiger partial charge in [0.2, 0.25) is 5.90 Å². The monoisotopic (exact) mass is 503 g/mol. The van der Waals surface area contributed by atoms with E-state index in [2.05, 4.69) is 111 Å². The van der Waals surface area contributed by atoms with E-state index in [4.69, 9.17) is 9.73 Å². The molecule has 4 aromatic rings. The molecule has 9 rings (SSSR count). The standard InChI is InChI=1S/C34H34NOP/c1-24(2)32-23-36-34(35-32)31-21-25-13-17-27(31)18-14-26-16-20-28(19-15-25)33(22-26)37(29-9-5-3-6-10-29)30-11-7-4-8-12-30/h3-13,16-17,20-22,24,32H,14-15,18-19,23H2,1-2H3/t32-/m1/s1. The van der Waals surface area contributed by atoms with Crippen molar-refractivity contribution in [3.8, 4) is 0 Å². The zero-order chi connectivity index (χ0) is 25.2. The van der Waals surface area contributed by atoms with E-state index in [0.717, 1.165) is 31.6 Å². The first kappa shape index (κ1) is 24.1. The lowest BCUT2D eigenvalue weighted by atomic mass is 9.93. The van der Waals surface area contributed by atoms with Crippen LogP contribution in [0.3, 0.4) is 0 Å². The molecule has 4 bridgehead atoms. The second-order valence-electron chi connectivity index (χ2n) is 10.5. The van der Waals surface area contributed by atoms with Crippen LogP contribution >= 0.6 is 7.92 Å². The minimum atomic E-state index is -0.620. The third-order valence-corrected chi connectivity index (χ3v) is 10.2. The topological polar surface area (TPSA) is 21.6 Å². The fourth-order valence-electron chi connectivity index (χ4n) is 5.40. The summed E-state index contributed by atoms with van der Waals surface area (Å²) in [4.78, 5) is 4.97. The molecular formula is C34H34NOP. The van der Waals surface area contributed by atoms with Gasteiger partial charge >= 0.3 is 0 Å².